The Hall–Kier alpha value is -2.94. The number of nitrogens with one attached hydrogen (secondary N) is 2. The molecule has 4 rings (SSSR count). The Bertz CT molecular complexity index is 1100. The van der Waals surface area contributed by atoms with E-state index in [9.17, 15) is 13.2 Å². The zero-order chi connectivity index (χ0) is 18.3. The van der Waals surface area contributed by atoms with Gasteiger partial charge in [-0.3, -0.25) is 14.8 Å². The number of aromatic nitrogens is 3. The number of benzene rings is 1. The van der Waals surface area contributed by atoms with Gasteiger partial charge in [-0.2, -0.15) is 4.98 Å². The first-order valence-corrected chi connectivity index (χ1v) is 10.0. The van der Waals surface area contributed by atoms with Gasteiger partial charge in [0.2, 0.25) is 21.9 Å². The standard InChI is InChI=1S/C17H17N5O3S/c1-26(24,25)21-14-4-2-3-12(9-14)13-7-8-15-18-17(20-22(15)10-13)19-16(23)11-5-6-11/h2-4,7-11,21H,5-6H2,1H3,(H,19,20,23). The predicted molar refractivity (Wildman–Crippen MR) is 98.2 cm³/mol. The van der Waals surface area contributed by atoms with Crippen LogP contribution in [0.3, 0.4) is 0 Å². The van der Waals surface area contributed by atoms with Gasteiger partial charge in [0.1, 0.15) is 0 Å². The van der Waals surface area contributed by atoms with Crippen molar-refractivity contribution in [3.63, 3.8) is 0 Å². The van der Waals surface area contributed by atoms with E-state index in [4.69, 9.17) is 0 Å². The fraction of sp³-hybridized carbons (Fsp3) is 0.235. The Morgan fingerprint density at radius 2 is 2.00 bits per heavy atom. The highest BCUT2D eigenvalue weighted by Gasteiger charge is 2.30. The molecular formula is C17H17N5O3S. The summed E-state index contributed by atoms with van der Waals surface area (Å²) < 4.78 is 26.8. The SMILES string of the molecule is CS(=O)(=O)Nc1cccc(-c2ccc3nc(NC(=O)C4CC4)nn3c2)c1. The largest absolute Gasteiger partial charge is 0.293 e. The second-order valence-electron chi connectivity index (χ2n) is 6.37. The minimum Gasteiger partial charge on any atom is -0.293 e. The molecule has 0 spiro atoms. The summed E-state index contributed by atoms with van der Waals surface area (Å²) in [5, 5.41) is 7.02. The van der Waals surface area contributed by atoms with Gasteiger partial charge in [-0.15, -0.1) is 5.10 Å². The lowest BCUT2D eigenvalue weighted by Crippen LogP contribution is -2.14. The van der Waals surface area contributed by atoms with E-state index in [2.05, 4.69) is 20.1 Å². The molecule has 8 nitrogen and oxygen atoms in total. The van der Waals surface area contributed by atoms with Crippen LogP contribution in [-0.4, -0.2) is 35.2 Å². The van der Waals surface area contributed by atoms with Gasteiger partial charge in [0.25, 0.3) is 0 Å². The minimum absolute atomic E-state index is 0.0410. The lowest BCUT2D eigenvalue weighted by Gasteiger charge is -2.07. The van der Waals surface area contributed by atoms with Crippen molar-refractivity contribution < 1.29 is 13.2 Å². The molecule has 1 aromatic carbocycles. The third-order valence-electron chi connectivity index (χ3n) is 4.01. The molecule has 0 saturated heterocycles. The van der Waals surface area contributed by atoms with Crippen LogP contribution in [0, 0.1) is 5.92 Å². The van der Waals surface area contributed by atoms with Crippen molar-refractivity contribution >= 4 is 33.2 Å². The lowest BCUT2D eigenvalue weighted by atomic mass is 10.1. The monoisotopic (exact) mass is 371 g/mol. The Kier molecular flexibility index (Phi) is 3.87. The first-order valence-electron chi connectivity index (χ1n) is 8.13. The third-order valence-corrected chi connectivity index (χ3v) is 4.62. The highest BCUT2D eigenvalue weighted by atomic mass is 32.2. The van der Waals surface area contributed by atoms with Gasteiger partial charge in [0.15, 0.2) is 5.65 Å². The molecule has 0 atom stereocenters. The van der Waals surface area contributed by atoms with Crippen molar-refractivity contribution in [3.8, 4) is 11.1 Å². The highest BCUT2D eigenvalue weighted by Crippen LogP contribution is 2.30. The quantitative estimate of drug-likeness (QED) is 0.715. The minimum atomic E-state index is -3.34. The van der Waals surface area contributed by atoms with Crippen LogP contribution in [0.1, 0.15) is 12.8 Å². The Morgan fingerprint density at radius 3 is 2.73 bits per heavy atom. The third kappa shape index (κ3) is 3.67. The molecule has 1 aliphatic carbocycles. The predicted octanol–water partition coefficient (Wildman–Crippen LogP) is 2.12. The van der Waals surface area contributed by atoms with Crippen LogP contribution in [-0.2, 0) is 14.8 Å². The first kappa shape index (κ1) is 16.5. The number of carbonyl (C=O) groups is 1. The normalized spacial score (nSPS) is 14.3. The van der Waals surface area contributed by atoms with Crippen LogP contribution >= 0.6 is 0 Å². The number of hydrogen-bond donors (Lipinski definition) is 2. The van der Waals surface area contributed by atoms with E-state index < -0.39 is 10.0 Å². The molecule has 0 bridgehead atoms. The van der Waals surface area contributed by atoms with Gasteiger partial charge in [-0.25, -0.2) is 12.9 Å². The van der Waals surface area contributed by atoms with E-state index >= 15 is 0 Å². The molecular weight excluding hydrogens is 354 g/mol. The topological polar surface area (TPSA) is 105 Å². The van der Waals surface area contributed by atoms with E-state index in [0.717, 1.165) is 30.2 Å². The first-order chi connectivity index (χ1) is 12.4. The van der Waals surface area contributed by atoms with E-state index in [1.54, 1.807) is 35.0 Å². The van der Waals surface area contributed by atoms with Gasteiger partial charge in [0, 0.05) is 23.4 Å². The van der Waals surface area contributed by atoms with Crippen LogP contribution in [0.15, 0.2) is 42.6 Å². The van der Waals surface area contributed by atoms with E-state index in [0.29, 0.717) is 11.3 Å². The van der Waals surface area contributed by atoms with Crippen LogP contribution < -0.4 is 10.0 Å². The zero-order valence-electron chi connectivity index (χ0n) is 14.0. The maximum Gasteiger partial charge on any atom is 0.249 e. The number of carbonyl (C=O) groups excluding carboxylic acids is 1. The molecule has 26 heavy (non-hydrogen) atoms. The summed E-state index contributed by atoms with van der Waals surface area (Å²) in [4.78, 5) is 16.1. The average Bonchev–Trinajstić information content (AvgIpc) is 3.34. The molecule has 1 saturated carbocycles. The second-order valence-corrected chi connectivity index (χ2v) is 8.12. The summed E-state index contributed by atoms with van der Waals surface area (Å²) in [5.74, 6) is 0.328. The fourth-order valence-electron chi connectivity index (χ4n) is 2.64. The zero-order valence-corrected chi connectivity index (χ0v) is 14.8. The summed E-state index contributed by atoms with van der Waals surface area (Å²) in [6.07, 6.45) is 4.73. The molecule has 1 aliphatic rings. The Morgan fingerprint density at radius 1 is 1.19 bits per heavy atom. The number of amides is 1. The van der Waals surface area contributed by atoms with Gasteiger partial charge in [0.05, 0.1) is 6.26 Å². The molecule has 3 aromatic rings. The van der Waals surface area contributed by atoms with E-state index in [1.165, 1.54) is 0 Å². The average molecular weight is 371 g/mol. The second kappa shape index (κ2) is 6.10. The number of hydrogen-bond acceptors (Lipinski definition) is 5. The maximum atomic E-state index is 11.8. The Labute approximate surface area is 150 Å². The summed E-state index contributed by atoms with van der Waals surface area (Å²) >= 11 is 0. The van der Waals surface area contributed by atoms with Crippen molar-refractivity contribution in [2.24, 2.45) is 5.92 Å². The van der Waals surface area contributed by atoms with Gasteiger partial charge < -0.3 is 0 Å². The summed E-state index contributed by atoms with van der Waals surface area (Å²) in [6, 6.07) is 10.7. The summed E-state index contributed by atoms with van der Waals surface area (Å²) in [7, 11) is -3.34. The Balaban J connectivity index is 1.62. The van der Waals surface area contributed by atoms with Crippen molar-refractivity contribution in [2.75, 3.05) is 16.3 Å². The van der Waals surface area contributed by atoms with E-state index in [-0.39, 0.29) is 17.8 Å². The lowest BCUT2D eigenvalue weighted by molar-refractivity contribution is -0.117. The number of pyridine rings is 1. The van der Waals surface area contributed by atoms with Crippen molar-refractivity contribution in [1.29, 1.82) is 0 Å². The molecule has 2 heterocycles. The summed E-state index contributed by atoms with van der Waals surface area (Å²) in [6.45, 7) is 0. The molecule has 0 aliphatic heterocycles. The summed E-state index contributed by atoms with van der Waals surface area (Å²) in [5.41, 5.74) is 2.78. The van der Waals surface area contributed by atoms with E-state index in [1.807, 2.05) is 12.1 Å². The molecule has 2 N–H and O–H groups in total. The molecule has 2 aromatic heterocycles. The number of fused-ring (bicyclic) bond motifs is 1. The molecule has 134 valence electrons. The highest BCUT2D eigenvalue weighted by molar-refractivity contribution is 7.92. The van der Waals surface area contributed by atoms with Crippen molar-refractivity contribution in [3.05, 3.63) is 42.6 Å². The van der Waals surface area contributed by atoms with Gasteiger partial charge >= 0.3 is 0 Å². The van der Waals surface area contributed by atoms with Crippen LogP contribution in [0.4, 0.5) is 11.6 Å². The smallest absolute Gasteiger partial charge is 0.249 e. The van der Waals surface area contributed by atoms with Crippen molar-refractivity contribution in [1.82, 2.24) is 14.6 Å². The maximum absolute atomic E-state index is 11.8. The number of sulfonamides is 1. The van der Waals surface area contributed by atoms with Crippen LogP contribution in [0.2, 0.25) is 0 Å². The van der Waals surface area contributed by atoms with Crippen LogP contribution in [0.25, 0.3) is 16.8 Å². The molecule has 1 amide bonds. The molecule has 9 heteroatoms. The molecule has 0 unspecified atom stereocenters. The molecule has 0 radical (unpaired) electrons. The van der Waals surface area contributed by atoms with Gasteiger partial charge in [-0.05, 0) is 42.7 Å². The number of rotatable bonds is 5. The number of anilines is 2. The molecule has 1 fully saturated rings. The van der Waals surface area contributed by atoms with Crippen LogP contribution in [0.5, 0.6) is 0 Å². The fourth-order valence-corrected chi connectivity index (χ4v) is 3.20. The van der Waals surface area contributed by atoms with Crippen molar-refractivity contribution in [2.45, 2.75) is 12.8 Å². The van der Waals surface area contributed by atoms with Gasteiger partial charge in [-0.1, -0.05) is 12.1 Å². The number of nitrogens with zero attached hydrogens (tertiary/aromatic N) is 3.